The molecular weight excluding hydrogens is 266 g/mol. The second-order valence-electron chi connectivity index (χ2n) is 5.01. The number of anilines is 1. The maximum absolute atomic E-state index is 11.8. The van der Waals surface area contributed by atoms with Crippen LogP contribution in [0.25, 0.3) is 22.5 Å². The third-order valence-corrected chi connectivity index (χ3v) is 3.39. The van der Waals surface area contributed by atoms with Crippen molar-refractivity contribution >= 4 is 5.82 Å². The largest absolute Gasteiger partial charge is 0.380 e. The van der Waals surface area contributed by atoms with E-state index in [9.17, 15) is 4.79 Å². The van der Waals surface area contributed by atoms with Gasteiger partial charge in [-0.3, -0.25) is 4.79 Å². The molecule has 3 rings (SSSR count). The highest BCUT2D eigenvalue weighted by atomic mass is 16.5. The Morgan fingerprint density at radius 2 is 2.00 bits per heavy atom. The second-order valence-corrected chi connectivity index (χ2v) is 5.01. The van der Waals surface area contributed by atoms with Gasteiger partial charge in [0.25, 0.3) is 5.56 Å². The Balaban J connectivity index is 2.21. The van der Waals surface area contributed by atoms with E-state index in [1.165, 1.54) is 10.6 Å². The van der Waals surface area contributed by atoms with Gasteiger partial charge in [0, 0.05) is 24.9 Å². The lowest BCUT2D eigenvalue weighted by Crippen LogP contribution is -2.14. The molecule has 0 aliphatic carbocycles. The minimum Gasteiger partial charge on any atom is -0.380 e. The molecule has 0 spiro atoms. The van der Waals surface area contributed by atoms with E-state index in [0.29, 0.717) is 22.7 Å². The molecule has 3 aromatic rings. The van der Waals surface area contributed by atoms with Crippen molar-refractivity contribution in [2.75, 3.05) is 5.73 Å². The van der Waals surface area contributed by atoms with E-state index in [0.717, 1.165) is 11.1 Å². The van der Waals surface area contributed by atoms with Crippen LogP contribution in [-0.4, -0.2) is 9.72 Å². The number of hydrogen-bond acceptors (Lipinski definition) is 4. The first kappa shape index (κ1) is 13.2. The average Bonchev–Trinajstić information content (AvgIpc) is 2.84. The second kappa shape index (κ2) is 4.94. The van der Waals surface area contributed by atoms with Crippen LogP contribution < -0.4 is 11.3 Å². The molecule has 0 unspecified atom stereocenters. The first-order valence-corrected chi connectivity index (χ1v) is 6.55. The van der Waals surface area contributed by atoms with Gasteiger partial charge in [-0.15, -0.1) is 0 Å². The van der Waals surface area contributed by atoms with E-state index in [-0.39, 0.29) is 5.56 Å². The summed E-state index contributed by atoms with van der Waals surface area (Å²) in [7, 11) is 1.70. The third kappa shape index (κ3) is 2.33. The quantitative estimate of drug-likeness (QED) is 0.783. The molecule has 1 aromatic carbocycles. The Morgan fingerprint density at radius 1 is 1.19 bits per heavy atom. The summed E-state index contributed by atoms with van der Waals surface area (Å²) in [6, 6.07) is 11.2. The van der Waals surface area contributed by atoms with Gasteiger partial charge in [-0.25, -0.2) is 0 Å². The first-order chi connectivity index (χ1) is 10.1. The average molecular weight is 281 g/mol. The SMILES string of the molecule is Cc1cccc(-c2c(N)noc2-c2ccn(C)c(=O)c2)c1. The summed E-state index contributed by atoms with van der Waals surface area (Å²) in [5.74, 6) is 0.826. The number of nitrogens with two attached hydrogens (primary N) is 1. The maximum Gasteiger partial charge on any atom is 0.250 e. The molecule has 0 saturated heterocycles. The number of rotatable bonds is 2. The number of aryl methyl sites for hydroxylation is 2. The van der Waals surface area contributed by atoms with Crippen molar-refractivity contribution in [3.8, 4) is 22.5 Å². The van der Waals surface area contributed by atoms with Gasteiger partial charge in [-0.05, 0) is 18.6 Å². The third-order valence-electron chi connectivity index (χ3n) is 3.39. The van der Waals surface area contributed by atoms with Crippen LogP contribution in [0.4, 0.5) is 5.82 Å². The molecule has 2 heterocycles. The van der Waals surface area contributed by atoms with Crippen LogP contribution in [0.15, 0.2) is 51.9 Å². The Bertz CT molecular complexity index is 862. The van der Waals surface area contributed by atoms with Crippen LogP contribution in [0, 0.1) is 6.92 Å². The standard InChI is InChI=1S/C16H15N3O2/c1-10-4-3-5-11(8-10)14-15(21-18-16(14)17)12-6-7-19(2)13(20)9-12/h3-9H,1-2H3,(H2,17,18). The molecule has 0 radical (unpaired) electrons. The summed E-state index contributed by atoms with van der Waals surface area (Å²) >= 11 is 0. The predicted octanol–water partition coefficient (Wildman–Crippen LogP) is 2.60. The fourth-order valence-corrected chi connectivity index (χ4v) is 2.27. The molecule has 0 bridgehead atoms. The Labute approximate surface area is 121 Å². The number of pyridine rings is 1. The number of benzene rings is 1. The van der Waals surface area contributed by atoms with Gasteiger partial charge in [-0.1, -0.05) is 35.0 Å². The lowest BCUT2D eigenvalue weighted by Gasteiger charge is -2.04. The maximum atomic E-state index is 11.8. The zero-order valence-corrected chi connectivity index (χ0v) is 11.8. The molecule has 0 amide bonds. The Kier molecular flexibility index (Phi) is 3.10. The molecular formula is C16H15N3O2. The minimum absolute atomic E-state index is 0.113. The molecule has 0 fully saturated rings. The van der Waals surface area contributed by atoms with Crippen LogP contribution in [-0.2, 0) is 7.05 Å². The molecule has 21 heavy (non-hydrogen) atoms. The summed E-state index contributed by atoms with van der Waals surface area (Å²) in [4.78, 5) is 11.8. The highest BCUT2D eigenvalue weighted by Gasteiger charge is 2.18. The lowest BCUT2D eigenvalue weighted by atomic mass is 10.0. The van der Waals surface area contributed by atoms with Gasteiger partial charge in [0.15, 0.2) is 11.6 Å². The number of nitrogen functional groups attached to an aromatic ring is 1. The Morgan fingerprint density at radius 3 is 2.71 bits per heavy atom. The van der Waals surface area contributed by atoms with Gasteiger partial charge >= 0.3 is 0 Å². The number of aromatic nitrogens is 2. The van der Waals surface area contributed by atoms with Crippen LogP contribution in [0.2, 0.25) is 0 Å². The van der Waals surface area contributed by atoms with Crippen molar-refractivity contribution in [2.45, 2.75) is 6.92 Å². The van der Waals surface area contributed by atoms with Crippen molar-refractivity contribution in [1.29, 1.82) is 0 Å². The van der Waals surface area contributed by atoms with E-state index >= 15 is 0 Å². The lowest BCUT2D eigenvalue weighted by molar-refractivity contribution is 0.436. The fraction of sp³-hybridized carbons (Fsp3) is 0.125. The van der Waals surface area contributed by atoms with Crippen LogP contribution in [0.5, 0.6) is 0 Å². The molecule has 5 nitrogen and oxygen atoms in total. The van der Waals surface area contributed by atoms with Crippen molar-refractivity contribution < 1.29 is 4.52 Å². The highest BCUT2D eigenvalue weighted by molar-refractivity contribution is 5.86. The fourth-order valence-electron chi connectivity index (χ4n) is 2.27. The van der Waals surface area contributed by atoms with Crippen molar-refractivity contribution in [3.05, 3.63) is 58.5 Å². The van der Waals surface area contributed by atoms with Gasteiger partial charge in [0.05, 0.1) is 5.56 Å². The highest BCUT2D eigenvalue weighted by Crippen LogP contribution is 2.36. The molecule has 5 heteroatoms. The summed E-state index contributed by atoms with van der Waals surface area (Å²) in [5, 5.41) is 3.85. The van der Waals surface area contributed by atoms with Gasteiger partial charge in [0.2, 0.25) is 0 Å². The molecule has 2 aromatic heterocycles. The summed E-state index contributed by atoms with van der Waals surface area (Å²) in [6.45, 7) is 2.01. The number of hydrogen-bond donors (Lipinski definition) is 1. The molecule has 0 saturated carbocycles. The van der Waals surface area contributed by atoms with Crippen molar-refractivity contribution in [3.63, 3.8) is 0 Å². The molecule has 0 atom stereocenters. The van der Waals surface area contributed by atoms with Crippen LogP contribution in [0.1, 0.15) is 5.56 Å². The smallest absolute Gasteiger partial charge is 0.250 e. The molecule has 106 valence electrons. The van der Waals surface area contributed by atoms with Crippen molar-refractivity contribution in [1.82, 2.24) is 9.72 Å². The van der Waals surface area contributed by atoms with Gasteiger partial charge in [0.1, 0.15) is 0 Å². The van der Waals surface area contributed by atoms with Gasteiger partial charge < -0.3 is 14.8 Å². The predicted molar refractivity (Wildman–Crippen MR) is 81.8 cm³/mol. The molecule has 0 aliphatic heterocycles. The molecule has 0 aliphatic rings. The summed E-state index contributed by atoms with van der Waals surface area (Å²) in [5.41, 5.74) is 9.24. The zero-order valence-electron chi connectivity index (χ0n) is 11.8. The van der Waals surface area contributed by atoms with Crippen molar-refractivity contribution in [2.24, 2.45) is 7.05 Å². The summed E-state index contributed by atoms with van der Waals surface area (Å²) < 4.78 is 6.84. The first-order valence-electron chi connectivity index (χ1n) is 6.55. The topological polar surface area (TPSA) is 74.0 Å². The van der Waals surface area contributed by atoms with E-state index < -0.39 is 0 Å². The van der Waals surface area contributed by atoms with E-state index in [1.807, 2.05) is 31.2 Å². The number of nitrogens with zero attached hydrogens (tertiary/aromatic N) is 2. The molecule has 2 N–H and O–H groups in total. The van der Waals surface area contributed by atoms with Crippen LogP contribution >= 0.6 is 0 Å². The minimum atomic E-state index is -0.113. The van der Waals surface area contributed by atoms with E-state index in [2.05, 4.69) is 5.16 Å². The summed E-state index contributed by atoms with van der Waals surface area (Å²) in [6.07, 6.45) is 1.69. The Hall–Kier alpha value is -2.82. The van der Waals surface area contributed by atoms with E-state index in [4.69, 9.17) is 10.3 Å². The zero-order chi connectivity index (χ0) is 15.0. The van der Waals surface area contributed by atoms with Gasteiger partial charge in [-0.2, -0.15) is 0 Å². The monoisotopic (exact) mass is 281 g/mol. The van der Waals surface area contributed by atoms with E-state index in [1.54, 1.807) is 19.3 Å². The van der Waals surface area contributed by atoms with Crippen LogP contribution in [0.3, 0.4) is 0 Å². The normalized spacial score (nSPS) is 10.8.